The lowest BCUT2D eigenvalue weighted by atomic mass is 10.1. The van der Waals surface area contributed by atoms with Crippen LogP contribution < -0.4 is 5.32 Å². The average molecular weight is 155 g/mol. The lowest BCUT2D eigenvalue weighted by Crippen LogP contribution is -2.15. The lowest BCUT2D eigenvalue weighted by Gasteiger charge is -2.05. The minimum absolute atomic E-state index is 0.730. The Morgan fingerprint density at radius 2 is 2.09 bits per heavy atom. The summed E-state index contributed by atoms with van der Waals surface area (Å²) in [6.07, 6.45) is 3.59. The molecule has 0 bridgehead atoms. The number of rotatable bonds is 5. The molecule has 1 nitrogen and oxygen atoms in total. The van der Waals surface area contributed by atoms with E-state index in [-0.39, 0.29) is 0 Å². The first-order valence-corrected chi connectivity index (χ1v) is 4.58. The van der Waals surface area contributed by atoms with Gasteiger partial charge in [0.2, 0.25) is 0 Å². The Hall–Kier alpha value is -0.300. The van der Waals surface area contributed by atoms with Gasteiger partial charge in [-0.1, -0.05) is 38.8 Å². The Bertz CT molecular complexity index is 116. The monoisotopic (exact) mass is 155 g/mol. The lowest BCUT2D eigenvalue weighted by molar-refractivity contribution is 0.682. The zero-order valence-electron chi connectivity index (χ0n) is 8.28. The largest absolute Gasteiger partial charge is 0.313 e. The summed E-state index contributed by atoms with van der Waals surface area (Å²) >= 11 is 0. The summed E-state index contributed by atoms with van der Waals surface area (Å²) < 4.78 is 0. The van der Waals surface area contributed by atoms with Gasteiger partial charge in [-0.25, -0.2) is 0 Å². The minimum atomic E-state index is 0.730. The van der Waals surface area contributed by atoms with Crippen LogP contribution in [-0.2, 0) is 0 Å². The molecule has 1 atom stereocenters. The summed E-state index contributed by atoms with van der Waals surface area (Å²) in [5, 5.41) is 3.31. The Morgan fingerprint density at radius 3 is 2.55 bits per heavy atom. The molecule has 0 aliphatic carbocycles. The van der Waals surface area contributed by atoms with Crippen molar-refractivity contribution in [2.45, 2.75) is 34.1 Å². The van der Waals surface area contributed by atoms with Crippen LogP contribution in [0.5, 0.6) is 0 Å². The van der Waals surface area contributed by atoms with E-state index in [1.807, 2.05) is 0 Å². The number of hydrogen-bond donors (Lipinski definition) is 1. The average Bonchev–Trinajstić information content (AvgIpc) is 2.00. The van der Waals surface area contributed by atoms with E-state index in [0.717, 1.165) is 19.0 Å². The molecule has 0 radical (unpaired) electrons. The second-order valence-corrected chi connectivity index (χ2v) is 3.18. The second-order valence-electron chi connectivity index (χ2n) is 3.18. The van der Waals surface area contributed by atoms with Crippen LogP contribution in [0.4, 0.5) is 0 Å². The summed E-state index contributed by atoms with van der Waals surface area (Å²) in [6, 6.07) is 0. The van der Waals surface area contributed by atoms with E-state index < -0.39 is 0 Å². The standard InChI is InChI=1S/C10H21N/c1-5-9(3)7-10(4)8-11-6-2/h7,9,11H,5-6,8H2,1-4H3. The molecule has 66 valence electrons. The molecule has 0 aromatic carbocycles. The molecule has 0 heterocycles. The maximum Gasteiger partial charge on any atom is 0.0161 e. The van der Waals surface area contributed by atoms with Crippen LogP contribution >= 0.6 is 0 Å². The fourth-order valence-corrected chi connectivity index (χ4v) is 0.985. The minimum Gasteiger partial charge on any atom is -0.313 e. The second kappa shape index (κ2) is 6.41. The number of hydrogen-bond acceptors (Lipinski definition) is 1. The van der Waals surface area contributed by atoms with Crippen molar-refractivity contribution < 1.29 is 0 Å². The first kappa shape index (κ1) is 10.7. The molecule has 0 aromatic rings. The third kappa shape index (κ3) is 6.11. The smallest absolute Gasteiger partial charge is 0.0161 e. The molecular weight excluding hydrogens is 134 g/mol. The Kier molecular flexibility index (Phi) is 6.24. The van der Waals surface area contributed by atoms with Gasteiger partial charge in [0, 0.05) is 6.54 Å². The topological polar surface area (TPSA) is 12.0 Å². The zero-order chi connectivity index (χ0) is 8.69. The maximum atomic E-state index is 3.31. The molecular formula is C10H21N. The van der Waals surface area contributed by atoms with E-state index in [1.54, 1.807) is 0 Å². The van der Waals surface area contributed by atoms with Gasteiger partial charge in [-0.2, -0.15) is 0 Å². The predicted molar refractivity (Wildman–Crippen MR) is 51.8 cm³/mol. The molecule has 0 aliphatic heterocycles. The van der Waals surface area contributed by atoms with Gasteiger partial charge in [-0.3, -0.25) is 0 Å². The van der Waals surface area contributed by atoms with Gasteiger partial charge in [0.25, 0.3) is 0 Å². The van der Waals surface area contributed by atoms with Crippen molar-refractivity contribution in [2.24, 2.45) is 5.92 Å². The molecule has 1 unspecified atom stereocenters. The highest BCUT2D eigenvalue weighted by atomic mass is 14.8. The summed E-state index contributed by atoms with van der Waals surface area (Å²) in [5.41, 5.74) is 1.46. The van der Waals surface area contributed by atoms with Crippen molar-refractivity contribution in [1.82, 2.24) is 5.32 Å². The molecule has 11 heavy (non-hydrogen) atoms. The van der Waals surface area contributed by atoms with E-state index in [1.165, 1.54) is 12.0 Å². The number of likely N-dealkylation sites (N-methyl/N-ethyl adjacent to an activating group) is 1. The number of allylic oxidation sites excluding steroid dienone is 1. The van der Waals surface area contributed by atoms with Gasteiger partial charge in [0.1, 0.15) is 0 Å². The zero-order valence-corrected chi connectivity index (χ0v) is 8.28. The molecule has 0 aliphatic rings. The highest BCUT2D eigenvalue weighted by Gasteiger charge is 1.93. The van der Waals surface area contributed by atoms with Crippen LogP contribution in [0.15, 0.2) is 11.6 Å². The van der Waals surface area contributed by atoms with Crippen molar-refractivity contribution in [2.75, 3.05) is 13.1 Å². The summed E-state index contributed by atoms with van der Waals surface area (Å²) in [4.78, 5) is 0. The molecule has 1 N–H and O–H groups in total. The molecule has 0 saturated carbocycles. The first-order valence-electron chi connectivity index (χ1n) is 4.58. The summed E-state index contributed by atoms with van der Waals surface area (Å²) in [5.74, 6) is 0.730. The van der Waals surface area contributed by atoms with E-state index in [9.17, 15) is 0 Å². The number of nitrogens with one attached hydrogen (secondary N) is 1. The van der Waals surface area contributed by atoms with Crippen molar-refractivity contribution in [3.8, 4) is 0 Å². The van der Waals surface area contributed by atoms with Gasteiger partial charge in [0.15, 0.2) is 0 Å². The van der Waals surface area contributed by atoms with Crippen LogP contribution in [-0.4, -0.2) is 13.1 Å². The van der Waals surface area contributed by atoms with Crippen LogP contribution in [0.25, 0.3) is 0 Å². The van der Waals surface area contributed by atoms with Crippen LogP contribution in [0.3, 0.4) is 0 Å². The summed E-state index contributed by atoms with van der Waals surface area (Å²) in [6.45, 7) is 10.9. The molecule has 1 heteroatoms. The van der Waals surface area contributed by atoms with E-state index in [2.05, 4.69) is 39.1 Å². The SMILES string of the molecule is CCNCC(C)=CC(C)CC. The van der Waals surface area contributed by atoms with Gasteiger partial charge in [-0.15, -0.1) is 0 Å². The molecule has 0 aromatic heterocycles. The van der Waals surface area contributed by atoms with Crippen LogP contribution in [0.2, 0.25) is 0 Å². The van der Waals surface area contributed by atoms with E-state index >= 15 is 0 Å². The van der Waals surface area contributed by atoms with Crippen LogP contribution in [0, 0.1) is 5.92 Å². The Labute approximate surface area is 70.9 Å². The molecule has 0 saturated heterocycles. The van der Waals surface area contributed by atoms with Crippen molar-refractivity contribution >= 4 is 0 Å². The predicted octanol–water partition coefficient (Wildman–Crippen LogP) is 2.59. The molecule has 0 rings (SSSR count). The first-order chi connectivity index (χ1) is 5.20. The van der Waals surface area contributed by atoms with Crippen molar-refractivity contribution in [1.29, 1.82) is 0 Å². The quantitative estimate of drug-likeness (QED) is 0.602. The maximum absolute atomic E-state index is 3.31. The summed E-state index contributed by atoms with van der Waals surface area (Å²) in [7, 11) is 0. The Morgan fingerprint density at radius 1 is 1.45 bits per heavy atom. The van der Waals surface area contributed by atoms with Gasteiger partial charge >= 0.3 is 0 Å². The van der Waals surface area contributed by atoms with Crippen molar-refractivity contribution in [3.05, 3.63) is 11.6 Å². The van der Waals surface area contributed by atoms with Crippen LogP contribution in [0.1, 0.15) is 34.1 Å². The third-order valence-corrected chi connectivity index (χ3v) is 1.87. The molecule has 0 amide bonds. The van der Waals surface area contributed by atoms with Gasteiger partial charge in [-0.05, 0) is 19.4 Å². The highest BCUT2D eigenvalue weighted by Crippen LogP contribution is 2.05. The van der Waals surface area contributed by atoms with Gasteiger partial charge in [0.05, 0.1) is 0 Å². The fraction of sp³-hybridized carbons (Fsp3) is 0.800. The Balaban J connectivity index is 3.61. The molecule has 0 fully saturated rings. The van der Waals surface area contributed by atoms with Crippen molar-refractivity contribution in [3.63, 3.8) is 0 Å². The normalized spacial score (nSPS) is 15.1. The van der Waals surface area contributed by atoms with E-state index in [0.29, 0.717) is 0 Å². The highest BCUT2D eigenvalue weighted by molar-refractivity contribution is 5.01. The van der Waals surface area contributed by atoms with Gasteiger partial charge < -0.3 is 5.32 Å². The third-order valence-electron chi connectivity index (χ3n) is 1.87. The van der Waals surface area contributed by atoms with E-state index in [4.69, 9.17) is 0 Å². The fourth-order valence-electron chi connectivity index (χ4n) is 0.985. The molecule has 0 spiro atoms.